The number of aromatic nitrogens is 2. The third kappa shape index (κ3) is 4.52. The monoisotopic (exact) mass is 395 g/mol. The van der Waals surface area contributed by atoms with Crippen LogP contribution in [0.25, 0.3) is 22.4 Å². The molecule has 1 aromatic heterocycles. The molecule has 0 radical (unpaired) electrons. The second-order valence-electron chi connectivity index (χ2n) is 7.05. The molecule has 5 heteroatoms. The van der Waals surface area contributed by atoms with Crippen molar-refractivity contribution in [2.45, 2.75) is 6.42 Å². The zero-order chi connectivity index (χ0) is 20.9. The Kier molecular flexibility index (Phi) is 5.52. The molecule has 1 heterocycles. The standard InChI is InChI=1S/C25H21N3O2/c1-28-25(30)16-15-23(27-28)21-11-13-22(14-12-21)26-24(29)17-18-7-9-20(10-8-18)19-5-3-2-4-6-19/h2-16H,17H2,1H3,(H,26,29). The van der Waals surface area contributed by atoms with E-state index in [1.807, 2.05) is 66.7 Å². The molecule has 1 N–H and O–H groups in total. The highest BCUT2D eigenvalue weighted by atomic mass is 16.1. The van der Waals surface area contributed by atoms with E-state index >= 15 is 0 Å². The van der Waals surface area contributed by atoms with Crippen molar-refractivity contribution < 1.29 is 4.79 Å². The van der Waals surface area contributed by atoms with Gasteiger partial charge < -0.3 is 5.32 Å². The Balaban J connectivity index is 1.39. The van der Waals surface area contributed by atoms with Crippen LogP contribution in [0.2, 0.25) is 0 Å². The minimum atomic E-state index is -0.153. The molecule has 0 aliphatic heterocycles. The summed E-state index contributed by atoms with van der Waals surface area (Å²) in [6, 6.07) is 28.8. The maximum atomic E-state index is 12.4. The molecule has 0 aliphatic rings. The number of amides is 1. The van der Waals surface area contributed by atoms with Crippen LogP contribution < -0.4 is 10.9 Å². The number of anilines is 1. The van der Waals surface area contributed by atoms with Gasteiger partial charge in [-0.3, -0.25) is 9.59 Å². The van der Waals surface area contributed by atoms with Gasteiger partial charge >= 0.3 is 0 Å². The third-order valence-electron chi connectivity index (χ3n) is 4.85. The number of aryl methyl sites for hydroxylation is 1. The van der Waals surface area contributed by atoms with Gasteiger partial charge in [0.05, 0.1) is 12.1 Å². The van der Waals surface area contributed by atoms with E-state index in [1.165, 1.54) is 10.7 Å². The van der Waals surface area contributed by atoms with Crippen LogP contribution in [0.3, 0.4) is 0 Å². The molecular weight excluding hydrogens is 374 g/mol. The number of nitrogens with one attached hydrogen (secondary N) is 1. The van der Waals surface area contributed by atoms with Crippen LogP contribution in [0.15, 0.2) is 95.8 Å². The molecule has 1 amide bonds. The fourth-order valence-corrected chi connectivity index (χ4v) is 3.22. The van der Waals surface area contributed by atoms with Gasteiger partial charge in [-0.1, -0.05) is 66.7 Å². The third-order valence-corrected chi connectivity index (χ3v) is 4.85. The van der Waals surface area contributed by atoms with Crippen LogP contribution in [-0.2, 0) is 18.3 Å². The molecule has 148 valence electrons. The second-order valence-corrected chi connectivity index (χ2v) is 7.05. The first-order valence-corrected chi connectivity index (χ1v) is 9.67. The molecule has 0 saturated heterocycles. The first-order valence-electron chi connectivity index (χ1n) is 9.67. The number of rotatable bonds is 5. The predicted molar refractivity (Wildman–Crippen MR) is 119 cm³/mol. The van der Waals surface area contributed by atoms with E-state index in [-0.39, 0.29) is 11.5 Å². The first kappa shape index (κ1) is 19.3. The van der Waals surface area contributed by atoms with Crippen LogP contribution in [0.4, 0.5) is 5.69 Å². The second kappa shape index (κ2) is 8.57. The highest BCUT2D eigenvalue weighted by molar-refractivity contribution is 5.92. The number of hydrogen-bond donors (Lipinski definition) is 1. The molecule has 0 spiro atoms. The Morgan fingerprint density at radius 3 is 2.10 bits per heavy atom. The Morgan fingerprint density at radius 1 is 0.800 bits per heavy atom. The van der Waals surface area contributed by atoms with Gasteiger partial charge in [-0.05, 0) is 34.9 Å². The van der Waals surface area contributed by atoms with E-state index in [1.54, 1.807) is 13.1 Å². The molecule has 5 nitrogen and oxygen atoms in total. The van der Waals surface area contributed by atoms with Crippen LogP contribution in [0, 0.1) is 0 Å². The van der Waals surface area contributed by atoms with Crippen LogP contribution in [0.1, 0.15) is 5.56 Å². The van der Waals surface area contributed by atoms with Gasteiger partial charge in [0, 0.05) is 24.4 Å². The number of nitrogens with zero attached hydrogens (tertiary/aromatic N) is 2. The maximum absolute atomic E-state index is 12.4. The van der Waals surface area contributed by atoms with Gasteiger partial charge in [0.1, 0.15) is 0 Å². The lowest BCUT2D eigenvalue weighted by atomic mass is 10.0. The Labute approximate surface area is 174 Å². The summed E-state index contributed by atoms with van der Waals surface area (Å²) in [7, 11) is 1.62. The summed E-state index contributed by atoms with van der Waals surface area (Å²) >= 11 is 0. The summed E-state index contributed by atoms with van der Waals surface area (Å²) in [6.45, 7) is 0. The average Bonchev–Trinajstić information content (AvgIpc) is 2.77. The summed E-state index contributed by atoms with van der Waals surface area (Å²) in [5.74, 6) is -0.0737. The van der Waals surface area contributed by atoms with Gasteiger partial charge in [0.15, 0.2) is 0 Å². The van der Waals surface area contributed by atoms with E-state index in [0.29, 0.717) is 12.1 Å². The van der Waals surface area contributed by atoms with Crippen LogP contribution in [-0.4, -0.2) is 15.7 Å². The van der Waals surface area contributed by atoms with Crippen LogP contribution in [0.5, 0.6) is 0 Å². The lowest BCUT2D eigenvalue weighted by Gasteiger charge is -2.08. The Morgan fingerprint density at radius 2 is 1.43 bits per heavy atom. The quantitative estimate of drug-likeness (QED) is 0.548. The van der Waals surface area contributed by atoms with Gasteiger partial charge in [0.2, 0.25) is 5.91 Å². The molecule has 0 unspecified atom stereocenters. The summed E-state index contributed by atoms with van der Waals surface area (Å²) in [5, 5.41) is 7.16. The van der Waals surface area contributed by atoms with Crippen molar-refractivity contribution in [3.63, 3.8) is 0 Å². The molecule has 0 atom stereocenters. The predicted octanol–water partition coefficient (Wildman–Crippen LogP) is 4.30. The SMILES string of the molecule is Cn1nc(-c2ccc(NC(=O)Cc3ccc(-c4ccccc4)cc3)cc2)ccc1=O. The van der Waals surface area contributed by atoms with E-state index in [0.717, 1.165) is 27.9 Å². The molecule has 3 aromatic carbocycles. The van der Waals surface area contributed by atoms with Gasteiger partial charge in [-0.2, -0.15) is 5.10 Å². The molecular formula is C25H21N3O2. The number of carbonyl (C=O) groups is 1. The Hall–Kier alpha value is -3.99. The average molecular weight is 395 g/mol. The van der Waals surface area contributed by atoms with Crippen molar-refractivity contribution in [3.05, 3.63) is 107 Å². The fourth-order valence-electron chi connectivity index (χ4n) is 3.22. The maximum Gasteiger partial charge on any atom is 0.266 e. The summed E-state index contributed by atoms with van der Waals surface area (Å²) < 4.78 is 1.30. The van der Waals surface area contributed by atoms with E-state index in [4.69, 9.17) is 0 Å². The van der Waals surface area contributed by atoms with Crippen molar-refractivity contribution >= 4 is 11.6 Å². The van der Waals surface area contributed by atoms with Gasteiger partial charge in [-0.15, -0.1) is 0 Å². The molecule has 0 aliphatic carbocycles. The molecule has 4 aromatic rings. The molecule has 4 rings (SSSR count). The summed E-state index contributed by atoms with van der Waals surface area (Å²) in [4.78, 5) is 23.9. The largest absolute Gasteiger partial charge is 0.326 e. The minimum absolute atomic E-state index is 0.0737. The first-order chi connectivity index (χ1) is 14.6. The highest BCUT2D eigenvalue weighted by Gasteiger charge is 2.06. The molecule has 0 bridgehead atoms. The normalized spacial score (nSPS) is 10.6. The van der Waals surface area contributed by atoms with Gasteiger partial charge in [0.25, 0.3) is 5.56 Å². The fraction of sp³-hybridized carbons (Fsp3) is 0.0800. The van der Waals surface area contributed by atoms with Crippen LogP contribution >= 0.6 is 0 Å². The van der Waals surface area contributed by atoms with E-state index in [9.17, 15) is 9.59 Å². The summed E-state index contributed by atoms with van der Waals surface area (Å²) in [5.41, 5.74) is 5.38. The number of hydrogen-bond acceptors (Lipinski definition) is 3. The van der Waals surface area contributed by atoms with Crippen molar-refractivity contribution in [1.82, 2.24) is 9.78 Å². The van der Waals surface area contributed by atoms with Crippen molar-refractivity contribution in [1.29, 1.82) is 0 Å². The van der Waals surface area contributed by atoms with Crippen molar-refractivity contribution in [3.8, 4) is 22.4 Å². The van der Waals surface area contributed by atoms with Crippen molar-refractivity contribution in [2.75, 3.05) is 5.32 Å². The molecule has 0 saturated carbocycles. The Bertz CT molecular complexity index is 1210. The molecule has 30 heavy (non-hydrogen) atoms. The topological polar surface area (TPSA) is 64.0 Å². The van der Waals surface area contributed by atoms with Gasteiger partial charge in [-0.25, -0.2) is 4.68 Å². The highest BCUT2D eigenvalue weighted by Crippen LogP contribution is 2.21. The molecule has 0 fully saturated rings. The van der Waals surface area contributed by atoms with Crippen molar-refractivity contribution in [2.24, 2.45) is 7.05 Å². The summed E-state index contributed by atoms with van der Waals surface area (Å²) in [6.07, 6.45) is 0.305. The smallest absolute Gasteiger partial charge is 0.266 e. The lowest BCUT2D eigenvalue weighted by Crippen LogP contribution is -2.18. The zero-order valence-corrected chi connectivity index (χ0v) is 16.6. The van der Waals surface area contributed by atoms with E-state index in [2.05, 4.69) is 22.5 Å². The van der Waals surface area contributed by atoms with E-state index < -0.39 is 0 Å². The number of benzene rings is 3. The zero-order valence-electron chi connectivity index (χ0n) is 16.6. The lowest BCUT2D eigenvalue weighted by molar-refractivity contribution is -0.115. The number of carbonyl (C=O) groups excluding carboxylic acids is 1. The minimum Gasteiger partial charge on any atom is -0.326 e.